The Labute approximate surface area is 128 Å². The van der Waals surface area contributed by atoms with Crippen molar-refractivity contribution >= 4 is 5.69 Å². The molecule has 0 fully saturated rings. The van der Waals surface area contributed by atoms with E-state index in [1.807, 2.05) is 12.1 Å². The Kier molecular flexibility index (Phi) is 5.19. The average Bonchev–Trinajstić information content (AvgIpc) is 2.52. The largest absolute Gasteiger partial charge is 0.497 e. The van der Waals surface area contributed by atoms with E-state index in [4.69, 9.17) is 14.2 Å². The fourth-order valence-corrected chi connectivity index (χ4v) is 1.89. The Morgan fingerprint density at radius 1 is 1.05 bits per heavy atom. The SMILES string of the molecule is COc1cccc(OCCOc2ccc(C)cc2[N+](=O)[O-])c1. The molecule has 22 heavy (non-hydrogen) atoms. The molecule has 0 N–H and O–H groups in total. The van der Waals surface area contributed by atoms with Crippen molar-refractivity contribution in [3.8, 4) is 17.2 Å². The van der Waals surface area contributed by atoms with Crippen LogP contribution in [0.15, 0.2) is 42.5 Å². The third-order valence-electron chi connectivity index (χ3n) is 2.96. The molecule has 0 bridgehead atoms. The molecule has 0 aliphatic carbocycles. The summed E-state index contributed by atoms with van der Waals surface area (Å²) in [6, 6.07) is 12.0. The second-order valence-corrected chi connectivity index (χ2v) is 4.60. The fraction of sp³-hybridized carbons (Fsp3) is 0.250. The quantitative estimate of drug-likeness (QED) is 0.445. The van der Waals surface area contributed by atoms with Crippen molar-refractivity contribution in [3.63, 3.8) is 0 Å². The Morgan fingerprint density at radius 2 is 1.77 bits per heavy atom. The van der Waals surface area contributed by atoms with Crippen LogP contribution in [-0.4, -0.2) is 25.2 Å². The number of rotatable bonds is 7. The van der Waals surface area contributed by atoms with E-state index < -0.39 is 4.92 Å². The number of nitro benzene ring substituents is 1. The molecule has 2 rings (SSSR count). The molecule has 116 valence electrons. The molecule has 0 aliphatic rings. The predicted molar refractivity (Wildman–Crippen MR) is 81.8 cm³/mol. The number of aryl methyl sites for hydroxylation is 1. The summed E-state index contributed by atoms with van der Waals surface area (Å²) < 4.78 is 16.1. The highest BCUT2D eigenvalue weighted by Crippen LogP contribution is 2.27. The minimum atomic E-state index is -0.453. The average molecular weight is 303 g/mol. The Balaban J connectivity index is 1.90. The molecule has 6 nitrogen and oxygen atoms in total. The summed E-state index contributed by atoms with van der Waals surface area (Å²) in [5.74, 6) is 1.60. The van der Waals surface area contributed by atoms with Crippen LogP contribution in [0.4, 0.5) is 5.69 Å². The molecule has 0 heterocycles. The second kappa shape index (κ2) is 7.31. The third kappa shape index (κ3) is 4.12. The lowest BCUT2D eigenvalue weighted by atomic mass is 10.2. The van der Waals surface area contributed by atoms with Crippen molar-refractivity contribution in [2.75, 3.05) is 20.3 Å². The second-order valence-electron chi connectivity index (χ2n) is 4.60. The van der Waals surface area contributed by atoms with E-state index in [1.54, 1.807) is 38.3 Å². The molecule has 0 spiro atoms. The molecule has 2 aromatic carbocycles. The zero-order valence-electron chi connectivity index (χ0n) is 12.4. The minimum Gasteiger partial charge on any atom is -0.497 e. The van der Waals surface area contributed by atoms with E-state index >= 15 is 0 Å². The van der Waals surface area contributed by atoms with Crippen molar-refractivity contribution in [1.29, 1.82) is 0 Å². The van der Waals surface area contributed by atoms with Crippen LogP contribution in [0.5, 0.6) is 17.2 Å². The maximum atomic E-state index is 11.0. The smallest absolute Gasteiger partial charge is 0.311 e. The fourth-order valence-electron chi connectivity index (χ4n) is 1.89. The van der Waals surface area contributed by atoms with Gasteiger partial charge in [-0.3, -0.25) is 10.1 Å². The number of ether oxygens (including phenoxy) is 3. The lowest BCUT2D eigenvalue weighted by molar-refractivity contribution is -0.385. The van der Waals surface area contributed by atoms with E-state index in [2.05, 4.69) is 0 Å². The molecule has 0 aliphatic heterocycles. The number of benzene rings is 2. The van der Waals surface area contributed by atoms with Gasteiger partial charge in [0, 0.05) is 12.1 Å². The van der Waals surface area contributed by atoms with Crippen molar-refractivity contribution in [2.24, 2.45) is 0 Å². The molecule has 0 radical (unpaired) electrons. The Bertz CT molecular complexity index is 657. The standard InChI is InChI=1S/C16H17NO5/c1-12-6-7-16(15(10-12)17(18)19)22-9-8-21-14-5-3-4-13(11-14)20-2/h3-7,10-11H,8-9H2,1-2H3. The highest BCUT2D eigenvalue weighted by atomic mass is 16.6. The summed E-state index contributed by atoms with van der Waals surface area (Å²) in [4.78, 5) is 10.5. The maximum absolute atomic E-state index is 11.0. The molecule has 0 aromatic heterocycles. The molecule has 0 amide bonds. The summed E-state index contributed by atoms with van der Waals surface area (Å²) in [5, 5.41) is 11.0. The van der Waals surface area contributed by atoms with Gasteiger partial charge in [-0.1, -0.05) is 12.1 Å². The topological polar surface area (TPSA) is 70.8 Å². The molecule has 0 unspecified atom stereocenters. The number of methoxy groups -OCH3 is 1. The van der Waals surface area contributed by atoms with Gasteiger partial charge in [0.1, 0.15) is 24.7 Å². The van der Waals surface area contributed by atoms with Crippen molar-refractivity contribution in [3.05, 3.63) is 58.1 Å². The molecular weight excluding hydrogens is 286 g/mol. The van der Waals surface area contributed by atoms with Crippen molar-refractivity contribution in [1.82, 2.24) is 0 Å². The van der Waals surface area contributed by atoms with Crippen LogP contribution in [0.1, 0.15) is 5.56 Å². The van der Waals surface area contributed by atoms with Crippen LogP contribution in [0.2, 0.25) is 0 Å². The van der Waals surface area contributed by atoms with Gasteiger partial charge < -0.3 is 14.2 Å². The van der Waals surface area contributed by atoms with E-state index in [0.29, 0.717) is 11.5 Å². The third-order valence-corrected chi connectivity index (χ3v) is 2.96. The molecule has 0 saturated heterocycles. The van der Waals surface area contributed by atoms with Crippen LogP contribution in [-0.2, 0) is 0 Å². The van der Waals surface area contributed by atoms with Gasteiger partial charge in [-0.25, -0.2) is 0 Å². The summed E-state index contributed by atoms with van der Waals surface area (Å²) in [6.07, 6.45) is 0. The first kappa shape index (κ1) is 15.6. The summed E-state index contributed by atoms with van der Waals surface area (Å²) in [6.45, 7) is 2.28. The monoisotopic (exact) mass is 303 g/mol. The summed E-state index contributed by atoms with van der Waals surface area (Å²) >= 11 is 0. The van der Waals surface area contributed by atoms with Crippen LogP contribution in [0.25, 0.3) is 0 Å². The van der Waals surface area contributed by atoms with Gasteiger partial charge in [0.15, 0.2) is 5.75 Å². The van der Waals surface area contributed by atoms with Gasteiger partial charge in [-0.2, -0.15) is 0 Å². The first-order chi connectivity index (χ1) is 10.6. The normalized spacial score (nSPS) is 10.1. The molecule has 0 atom stereocenters. The molecule has 6 heteroatoms. The lowest BCUT2D eigenvalue weighted by Gasteiger charge is -2.09. The highest BCUT2D eigenvalue weighted by molar-refractivity contribution is 5.48. The zero-order chi connectivity index (χ0) is 15.9. The Morgan fingerprint density at radius 3 is 2.50 bits per heavy atom. The number of hydrogen-bond acceptors (Lipinski definition) is 5. The van der Waals surface area contributed by atoms with E-state index in [1.165, 1.54) is 6.07 Å². The minimum absolute atomic E-state index is 0.0404. The van der Waals surface area contributed by atoms with Crippen LogP contribution < -0.4 is 14.2 Å². The number of hydrogen-bond donors (Lipinski definition) is 0. The lowest BCUT2D eigenvalue weighted by Crippen LogP contribution is -2.10. The van der Waals surface area contributed by atoms with Crippen LogP contribution in [0, 0.1) is 17.0 Å². The highest BCUT2D eigenvalue weighted by Gasteiger charge is 2.14. The van der Waals surface area contributed by atoms with Gasteiger partial charge >= 0.3 is 5.69 Å². The summed E-state index contributed by atoms with van der Waals surface area (Å²) in [7, 11) is 1.58. The first-order valence-corrected chi connectivity index (χ1v) is 6.75. The van der Waals surface area contributed by atoms with Gasteiger partial charge in [0.2, 0.25) is 0 Å². The van der Waals surface area contributed by atoms with Crippen LogP contribution in [0.3, 0.4) is 0 Å². The Hall–Kier alpha value is -2.76. The van der Waals surface area contributed by atoms with E-state index in [-0.39, 0.29) is 24.7 Å². The predicted octanol–water partition coefficient (Wildman–Crippen LogP) is 3.37. The molecule has 0 saturated carbocycles. The molecule has 2 aromatic rings. The van der Waals surface area contributed by atoms with Crippen molar-refractivity contribution in [2.45, 2.75) is 6.92 Å². The van der Waals surface area contributed by atoms with Crippen LogP contribution >= 0.6 is 0 Å². The first-order valence-electron chi connectivity index (χ1n) is 6.75. The van der Waals surface area contributed by atoms with Gasteiger partial charge in [-0.15, -0.1) is 0 Å². The maximum Gasteiger partial charge on any atom is 0.311 e. The number of nitrogens with zero attached hydrogens (tertiary/aromatic N) is 1. The van der Waals surface area contributed by atoms with Crippen molar-refractivity contribution < 1.29 is 19.1 Å². The van der Waals surface area contributed by atoms with E-state index in [9.17, 15) is 10.1 Å². The zero-order valence-corrected chi connectivity index (χ0v) is 12.4. The molecular formula is C16H17NO5. The van der Waals surface area contributed by atoms with Gasteiger partial charge in [-0.05, 0) is 30.7 Å². The van der Waals surface area contributed by atoms with Gasteiger partial charge in [0.05, 0.1) is 12.0 Å². The van der Waals surface area contributed by atoms with Gasteiger partial charge in [0.25, 0.3) is 0 Å². The number of nitro groups is 1. The summed E-state index contributed by atoms with van der Waals surface area (Å²) in [5.41, 5.74) is 0.771. The van der Waals surface area contributed by atoms with E-state index in [0.717, 1.165) is 5.56 Å².